The van der Waals surface area contributed by atoms with Crippen LogP contribution in [0.15, 0.2) is 47.1 Å². The average molecular weight is 391 g/mol. The van der Waals surface area contributed by atoms with Crippen LogP contribution in [0.4, 0.5) is 5.69 Å². The van der Waals surface area contributed by atoms with Gasteiger partial charge in [0.15, 0.2) is 6.10 Å². The maximum atomic E-state index is 12.7. The summed E-state index contributed by atoms with van der Waals surface area (Å²) in [5.74, 6) is -0.772. The summed E-state index contributed by atoms with van der Waals surface area (Å²) in [5, 5.41) is 12.3. The van der Waals surface area contributed by atoms with E-state index >= 15 is 0 Å². The maximum absolute atomic E-state index is 12.7. The predicted molar refractivity (Wildman–Crippen MR) is 107 cm³/mol. The number of esters is 1. The number of nitriles is 1. The highest BCUT2D eigenvalue weighted by Crippen LogP contribution is 2.26. The van der Waals surface area contributed by atoms with Gasteiger partial charge in [-0.1, -0.05) is 17.7 Å². The molecule has 148 valence electrons. The molecule has 3 aromatic rings. The Morgan fingerprint density at radius 3 is 2.52 bits per heavy atom. The lowest BCUT2D eigenvalue weighted by molar-refractivity contribution is -0.123. The molecule has 0 aliphatic rings. The van der Waals surface area contributed by atoms with Gasteiger partial charge in [0.05, 0.1) is 0 Å². The zero-order valence-corrected chi connectivity index (χ0v) is 16.6. The molecule has 2 heterocycles. The molecular formula is C22H21N3O4. The van der Waals surface area contributed by atoms with Gasteiger partial charge in [0.2, 0.25) is 5.88 Å². The molecule has 2 aromatic heterocycles. The number of amides is 1. The van der Waals surface area contributed by atoms with Crippen LogP contribution in [0, 0.1) is 32.1 Å². The Morgan fingerprint density at radius 1 is 1.21 bits per heavy atom. The van der Waals surface area contributed by atoms with Crippen LogP contribution in [0.25, 0.3) is 5.88 Å². The van der Waals surface area contributed by atoms with Crippen molar-refractivity contribution in [1.82, 2.24) is 4.57 Å². The summed E-state index contributed by atoms with van der Waals surface area (Å²) >= 11 is 0. The predicted octanol–water partition coefficient (Wildman–Crippen LogP) is 4.05. The number of nitrogens with zero attached hydrogens (tertiary/aromatic N) is 2. The zero-order valence-electron chi connectivity index (χ0n) is 16.6. The molecule has 0 saturated carbocycles. The highest BCUT2D eigenvalue weighted by atomic mass is 16.5. The summed E-state index contributed by atoms with van der Waals surface area (Å²) in [4.78, 5) is 25.2. The molecule has 0 spiro atoms. The molecular weight excluding hydrogens is 370 g/mol. The fourth-order valence-electron chi connectivity index (χ4n) is 2.99. The lowest BCUT2D eigenvalue weighted by atomic mass is 10.1. The minimum atomic E-state index is -1.06. The Kier molecular flexibility index (Phi) is 5.55. The molecule has 29 heavy (non-hydrogen) atoms. The fourth-order valence-corrected chi connectivity index (χ4v) is 2.99. The third kappa shape index (κ3) is 4.06. The smallest absolute Gasteiger partial charge is 0.343 e. The van der Waals surface area contributed by atoms with Crippen molar-refractivity contribution in [1.29, 1.82) is 5.26 Å². The van der Waals surface area contributed by atoms with Gasteiger partial charge in [-0.2, -0.15) is 5.26 Å². The number of furan rings is 1. The molecule has 3 rings (SSSR count). The SMILES string of the molecule is Cc1ccc(NC(=O)[C@H](C)OC(=O)c2c(C)oc(-n3cccc3)c2C#N)c(C)c1. The molecule has 0 fully saturated rings. The van der Waals surface area contributed by atoms with Crippen LogP contribution in [0.1, 0.15) is 39.7 Å². The zero-order chi connectivity index (χ0) is 21.1. The summed E-state index contributed by atoms with van der Waals surface area (Å²) in [6.07, 6.45) is 2.35. The summed E-state index contributed by atoms with van der Waals surface area (Å²) < 4.78 is 12.5. The van der Waals surface area contributed by atoms with Gasteiger partial charge in [0.1, 0.15) is 23.0 Å². The van der Waals surface area contributed by atoms with Crippen molar-refractivity contribution in [2.45, 2.75) is 33.8 Å². The third-order valence-electron chi connectivity index (χ3n) is 4.51. The van der Waals surface area contributed by atoms with Crippen molar-refractivity contribution < 1.29 is 18.7 Å². The van der Waals surface area contributed by atoms with Crippen LogP contribution in [0.5, 0.6) is 0 Å². The molecule has 1 atom stereocenters. The maximum Gasteiger partial charge on any atom is 0.343 e. The molecule has 1 N–H and O–H groups in total. The second-order valence-corrected chi connectivity index (χ2v) is 6.77. The van der Waals surface area contributed by atoms with Crippen molar-refractivity contribution in [2.24, 2.45) is 0 Å². The molecule has 0 bridgehead atoms. The highest BCUT2D eigenvalue weighted by Gasteiger charge is 2.28. The van der Waals surface area contributed by atoms with E-state index in [-0.39, 0.29) is 22.8 Å². The minimum absolute atomic E-state index is 0.0161. The Morgan fingerprint density at radius 2 is 1.90 bits per heavy atom. The molecule has 7 heteroatoms. The summed E-state index contributed by atoms with van der Waals surface area (Å²) in [6, 6.07) is 11.2. The largest absolute Gasteiger partial charge is 0.449 e. The summed E-state index contributed by atoms with van der Waals surface area (Å²) in [6.45, 7) is 6.90. The lowest BCUT2D eigenvalue weighted by Crippen LogP contribution is -2.30. The fraction of sp³-hybridized carbons (Fsp3) is 0.227. The molecule has 0 radical (unpaired) electrons. The van der Waals surface area contributed by atoms with Gasteiger partial charge in [-0.25, -0.2) is 4.79 Å². The highest BCUT2D eigenvalue weighted by molar-refractivity contribution is 5.99. The molecule has 7 nitrogen and oxygen atoms in total. The third-order valence-corrected chi connectivity index (χ3v) is 4.51. The van der Waals surface area contributed by atoms with E-state index in [0.717, 1.165) is 11.1 Å². The van der Waals surface area contributed by atoms with Gasteiger partial charge in [-0.05, 0) is 51.5 Å². The van der Waals surface area contributed by atoms with E-state index in [2.05, 4.69) is 5.32 Å². The van der Waals surface area contributed by atoms with Gasteiger partial charge >= 0.3 is 5.97 Å². The van der Waals surface area contributed by atoms with E-state index in [1.807, 2.05) is 32.0 Å². The van der Waals surface area contributed by atoms with Crippen LogP contribution < -0.4 is 5.32 Å². The standard InChI is InChI=1S/C22H21N3O4/c1-13-7-8-18(14(2)11-13)24-20(26)16(4)29-22(27)19-15(3)28-21(17(19)12-23)25-9-5-6-10-25/h5-11,16H,1-4H3,(H,24,26)/t16-/m0/s1. The first-order valence-corrected chi connectivity index (χ1v) is 9.07. The van der Waals surface area contributed by atoms with Crippen LogP contribution in [0.3, 0.4) is 0 Å². The minimum Gasteiger partial charge on any atom is -0.449 e. The lowest BCUT2D eigenvalue weighted by Gasteiger charge is -2.15. The number of hydrogen-bond donors (Lipinski definition) is 1. The number of carbonyl (C=O) groups excluding carboxylic acids is 2. The van der Waals surface area contributed by atoms with E-state index in [4.69, 9.17) is 9.15 Å². The number of anilines is 1. The molecule has 0 aliphatic heterocycles. The number of hydrogen-bond acceptors (Lipinski definition) is 5. The number of aryl methyl sites for hydroxylation is 3. The Labute approximate surface area is 168 Å². The van der Waals surface area contributed by atoms with Gasteiger partial charge in [0.25, 0.3) is 5.91 Å². The normalized spacial score (nSPS) is 11.6. The Balaban J connectivity index is 1.78. The van der Waals surface area contributed by atoms with Gasteiger partial charge in [-0.3, -0.25) is 9.36 Å². The first-order chi connectivity index (χ1) is 13.8. The Bertz CT molecular complexity index is 1100. The van der Waals surface area contributed by atoms with Crippen molar-refractivity contribution in [3.05, 3.63) is 70.7 Å². The van der Waals surface area contributed by atoms with E-state index in [1.165, 1.54) is 6.92 Å². The van der Waals surface area contributed by atoms with Crippen LogP contribution in [-0.2, 0) is 9.53 Å². The molecule has 0 aliphatic carbocycles. The van der Waals surface area contributed by atoms with Crippen molar-refractivity contribution in [2.75, 3.05) is 5.32 Å². The number of aromatic nitrogens is 1. The first kappa shape index (κ1) is 20.0. The molecule has 0 saturated heterocycles. The van der Waals surface area contributed by atoms with Crippen LogP contribution in [-0.4, -0.2) is 22.5 Å². The number of carbonyl (C=O) groups is 2. The quantitative estimate of drug-likeness (QED) is 0.662. The summed E-state index contributed by atoms with van der Waals surface area (Å²) in [5.41, 5.74) is 2.72. The monoisotopic (exact) mass is 391 g/mol. The topological polar surface area (TPSA) is 97.3 Å². The number of nitrogens with one attached hydrogen (secondary N) is 1. The number of ether oxygens (including phenoxy) is 1. The molecule has 1 amide bonds. The molecule has 0 unspecified atom stereocenters. The van der Waals surface area contributed by atoms with E-state index < -0.39 is 18.0 Å². The van der Waals surface area contributed by atoms with Crippen LogP contribution >= 0.6 is 0 Å². The van der Waals surface area contributed by atoms with Crippen molar-refractivity contribution in [3.8, 4) is 12.0 Å². The summed E-state index contributed by atoms with van der Waals surface area (Å²) in [7, 11) is 0. The van der Waals surface area contributed by atoms with Crippen LogP contribution in [0.2, 0.25) is 0 Å². The van der Waals surface area contributed by atoms with Crippen molar-refractivity contribution in [3.63, 3.8) is 0 Å². The van der Waals surface area contributed by atoms with E-state index in [1.54, 1.807) is 42.1 Å². The number of benzene rings is 1. The first-order valence-electron chi connectivity index (χ1n) is 9.07. The van der Waals surface area contributed by atoms with Gasteiger partial charge in [0, 0.05) is 18.1 Å². The van der Waals surface area contributed by atoms with E-state index in [9.17, 15) is 14.9 Å². The second-order valence-electron chi connectivity index (χ2n) is 6.77. The second kappa shape index (κ2) is 8.07. The Hall–Kier alpha value is -3.79. The molecule has 1 aromatic carbocycles. The number of rotatable bonds is 5. The van der Waals surface area contributed by atoms with Gasteiger partial charge < -0.3 is 14.5 Å². The average Bonchev–Trinajstić information content (AvgIpc) is 3.30. The van der Waals surface area contributed by atoms with Gasteiger partial charge in [-0.15, -0.1) is 0 Å². The van der Waals surface area contributed by atoms with E-state index in [0.29, 0.717) is 5.69 Å². The van der Waals surface area contributed by atoms with Crippen molar-refractivity contribution >= 4 is 17.6 Å².